The van der Waals surface area contributed by atoms with E-state index in [9.17, 15) is 21.6 Å². The van der Waals surface area contributed by atoms with Crippen LogP contribution >= 0.6 is 11.6 Å². The highest BCUT2D eigenvalue weighted by Gasteiger charge is 2.42. The molecule has 2 N–H and O–H groups in total. The highest BCUT2D eigenvalue weighted by atomic mass is 35.5. The Bertz CT molecular complexity index is 1310. The molecule has 2 fully saturated rings. The van der Waals surface area contributed by atoms with Crippen LogP contribution in [0.1, 0.15) is 25.3 Å². The van der Waals surface area contributed by atoms with Crippen molar-refractivity contribution >= 4 is 49.5 Å². The van der Waals surface area contributed by atoms with E-state index >= 15 is 0 Å². The Hall–Kier alpha value is -2.19. The minimum absolute atomic E-state index is 0.0585. The maximum Gasteiger partial charge on any atom is 0.243 e. The topological polar surface area (TPSA) is 140 Å². The number of nitrogens with one attached hydrogen (secondary N) is 2. The van der Waals surface area contributed by atoms with Gasteiger partial charge in [0.05, 0.1) is 29.1 Å². The Morgan fingerprint density at radius 3 is 2.47 bits per heavy atom. The predicted octanol–water partition coefficient (Wildman–Crippen LogP) is 0.928. The summed E-state index contributed by atoms with van der Waals surface area (Å²) in [5, 5.41) is 8.32. The second-order valence-corrected chi connectivity index (χ2v) is 13.6. The van der Waals surface area contributed by atoms with E-state index in [4.69, 9.17) is 21.7 Å². The van der Waals surface area contributed by atoms with Gasteiger partial charge in [-0.15, -0.1) is 0 Å². The molecule has 0 aromatic heterocycles. The van der Waals surface area contributed by atoms with Gasteiger partial charge in [-0.3, -0.25) is 10.2 Å². The zero-order chi connectivity index (χ0) is 26.3. The van der Waals surface area contributed by atoms with Crippen molar-refractivity contribution < 1.29 is 26.4 Å². The van der Waals surface area contributed by atoms with Crippen molar-refractivity contribution in [3.63, 3.8) is 0 Å². The number of likely N-dealkylation sites (tertiary alicyclic amines) is 1. The van der Waals surface area contributed by atoms with Crippen LogP contribution in [0.25, 0.3) is 6.08 Å². The summed E-state index contributed by atoms with van der Waals surface area (Å²) in [7, 11) is -7.50. The second kappa shape index (κ2) is 9.93. The van der Waals surface area contributed by atoms with Crippen molar-refractivity contribution in [3.8, 4) is 5.75 Å². The maximum atomic E-state index is 13.3. The number of sulfonamides is 2. The number of amidine groups is 1. The molecule has 1 aromatic rings. The van der Waals surface area contributed by atoms with Crippen LogP contribution in [-0.4, -0.2) is 100 Å². The maximum absolute atomic E-state index is 13.3. The quantitative estimate of drug-likeness (QED) is 0.390. The summed E-state index contributed by atoms with van der Waals surface area (Å²) in [6.07, 6.45) is 3.47. The molecular formula is C22H30ClN5O6S2. The third-order valence-corrected chi connectivity index (χ3v) is 9.64. The van der Waals surface area contributed by atoms with Crippen LogP contribution in [0.2, 0.25) is 5.02 Å². The van der Waals surface area contributed by atoms with Crippen LogP contribution in [0.3, 0.4) is 0 Å². The van der Waals surface area contributed by atoms with Gasteiger partial charge in [0, 0.05) is 43.3 Å². The number of hydrogen-bond donors (Lipinski definition) is 2. The van der Waals surface area contributed by atoms with Crippen LogP contribution in [0.5, 0.6) is 5.75 Å². The molecule has 3 aliphatic heterocycles. The molecule has 0 spiro atoms. The standard InChI is InChI=1S/C22H30ClN5O6S2/c1-16(24)26-7-5-22(6-8-26,25-35(2,30)31)15-27-9-10-28(13-21(27)29)36(32,33)19-11-17-3-4-18(23)12-20(17)34-14-19/h3-4,11-12,24-25H,5-10,13-15H2,1-2H3. The number of fused-ring (bicyclic) bond motifs is 1. The van der Waals surface area contributed by atoms with Crippen molar-refractivity contribution in [2.45, 2.75) is 25.3 Å². The molecule has 198 valence electrons. The molecule has 36 heavy (non-hydrogen) atoms. The number of hydrogen-bond acceptors (Lipinski definition) is 7. The van der Waals surface area contributed by atoms with Crippen LogP contribution in [0, 0.1) is 5.41 Å². The fourth-order valence-electron chi connectivity index (χ4n) is 4.81. The van der Waals surface area contributed by atoms with E-state index in [2.05, 4.69) is 4.72 Å². The molecule has 14 heteroatoms. The molecule has 4 rings (SSSR count). The summed E-state index contributed by atoms with van der Waals surface area (Å²) < 4.78 is 60.2. The highest BCUT2D eigenvalue weighted by molar-refractivity contribution is 7.93. The summed E-state index contributed by atoms with van der Waals surface area (Å²) in [5.41, 5.74) is -0.282. The number of halogens is 1. The van der Waals surface area contributed by atoms with Crippen LogP contribution < -0.4 is 9.46 Å². The number of benzene rings is 1. The first-order chi connectivity index (χ1) is 16.8. The van der Waals surface area contributed by atoms with Gasteiger partial charge in [0.1, 0.15) is 12.4 Å². The molecule has 0 saturated carbocycles. The Morgan fingerprint density at radius 2 is 1.86 bits per heavy atom. The van der Waals surface area contributed by atoms with Gasteiger partial charge < -0.3 is 14.5 Å². The SMILES string of the molecule is CC(=N)N1CCC(CN2CCN(S(=O)(=O)C3=Cc4ccc(Cl)cc4OC3)CC2=O)(NS(C)(=O)=O)CC1. The van der Waals surface area contributed by atoms with Gasteiger partial charge in [0.15, 0.2) is 0 Å². The van der Waals surface area contributed by atoms with Gasteiger partial charge in [0.25, 0.3) is 0 Å². The third-order valence-electron chi connectivity index (χ3n) is 6.71. The molecule has 0 bridgehead atoms. The summed E-state index contributed by atoms with van der Waals surface area (Å²) in [6, 6.07) is 4.94. The van der Waals surface area contributed by atoms with Gasteiger partial charge in [0.2, 0.25) is 26.0 Å². The number of amides is 1. The van der Waals surface area contributed by atoms with Crippen LogP contribution in [0.4, 0.5) is 0 Å². The molecule has 11 nitrogen and oxygen atoms in total. The Kier molecular flexibility index (Phi) is 7.41. The summed E-state index contributed by atoms with van der Waals surface area (Å²) in [6.45, 7) is 2.52. The van der Waals surface area contributed by atoms with Crippen LogP contribution in [0.15, 0.2) is 23.1 Å². The van der Waals surface area contributed by atoms with Gasteiger partial charge in [-0.2, -0.15) is 4.31 Å². The highest BCUT2D eigenvalue weighted by Crippen LogP contribution is 2.32. The summed E-state index contributed by atoms with van der Waals surface area (Å²) >= 11 is 5.97. The lowest BCUT2D eigenvalue weighted by molar-refractivity contribution is -0.135. The number of piperidine rings is 1. The van der Waals surface area contributed by atoms with Gasteiger partial charge in [-0.1, -0.05) is 11.6 Å². The Balaban J connectivity index is 1.47. The third kappa shape index (κ3) is 5.86. The van der Waals surface area contributed by atoms with E-state index in [1.807, 2.05) is 4.90 Å². The number of carbonyl (C=O) groups excluding carboxylic acids is 1. The molecule has 1 amide bonds. The number of rotatable bonds is 6. The van der Waals surface area contributed by atoms with Crippen molar-refractivity contribution in [2.24, 2.45) is 0 Å². The summed E-state index contributed by atoms with van der Waals surface area (Å²) in [4.78, 5) is 16.5. The average Bonchev–Trinajstić information content (AvgIpc) is 2.79. The molecule has 3 aliphatic rings. The zero-order valence-corrected chi connectivity index (χ0v) is 22.5. The smallest absolute Gasteiger partial charge is 0.243 e. The lowest BCUT2D eigenvalue weighted by atomic mass is 9.87. The molecule has 1 aromatic carbocycles. The average molecular weight is 560 g/mol. The molecule has 0 aliphatic carbocycles. The van der Waals surface area contributed by atoms with E-state index in [0.29, 0.717) is 48.1 Å². The molecule has 0 atom stereocenters. The number of ether oxygens (including phenoxy) is 1. The normalized spacial score (nSPS) is 21.0. The minimum atomic E-state index is -3.94. The van der Waals surface area contributed by atoms with Crippen molar-refractivity contribution in [1.29, 1.82) is 5.41 Å². The van der Waals surface area contributed by atoms with Gasteiger partial charge in [-0.05, 0) is 44.0 Å². The molecule has 2 saturated heterocycles. The first-order valence-electron chi connectivity index (χ1n) is 11.5. The fraction of sp³-hybridized carbons (Fsp3) is 0.545. The lowest BCUT2D eigenvalue weighted by Crippen LogP contribution is -2.63. The minimum Gasteiger partial charge on any atom is -0.487 e. The van der Waals surface area contributed by atoms with E-state index in [1.165, 1.54) is 11.0 Å². The lowest BCUT2D eigenvalue weighted by Gasteiger charge is -2.46. The Morgan fingerprint density at radius 1 is 1.17 bits per heavy atom. The molecular weight excluding hydrogens is 530 g/mol. The summed E-state index contributed by atoms with van der Waals surface area (Å²) in [5.74, 6) is 0.509. The van der Waals surface area contributed by atoms with Crippen LogP contribution in [-0.2, 0) is 24.8 Å². The van der Waals surface area contributed by atoms with Crippen molar-refractivity contribution in [1.82, 2.24) is 18.8 Å². The number of piperazine rings is 1. The fourth-order valence-corrected chi connectivity index (χ4v) is 7.45. The van der Waals surface area contributed by atoms with E-state index in [1.54, 1.807) is 25.1 Å². The zero-order valence-electron chi connectivity index (χ0n) is 20.2. The molecule has 3 heterocycles. The van der Waals surface area contributed by atoms with Gasteiger partial charge in [-0.25, -0.2) is 21.6 Å². The largest absolute Gasteiger partial charge is 0.487 e. The van der Waals surface area contributed by atoms with E-state index in [0.717, 1.165) is 10.6 Å². The van der Waals surface area contributed by atoms with Gasteiger partial charge >= 0.3 is 0 Å². The van der Waals surface area contributed by atoms with Crippen molar-refractivity contribution in [2.75, 3.05) is 52.1 Å². The molecule has 0 unspecified atom stereocenters. The Labute approximate surface area is 216 Å². The second-order valence-electron chi connectivity index (χ2n) is 9.46. The monoisotopic (exact) mass is 559 g/mol. The number of nitrogens with zero attached hydrogens (tertiary/aromatic N) is 3. The van der Waals surface area contributed by atoms with E-state index < -0.39 is 31.5 Å². The van der Waals surface area contributed by atoms with E-state index in [-0.39, 0.29) is 37.7 Å². The van der Waals surface area contributed by atoms with Crippen molar-refractivity contribution in [3.05, 3.63) is 33.7 Å². The molecule has 0 radical (unpaired) electrons. The number of carbonyl (C=O) groups is 1. The predicted molar refractivity (Wildman–Crippen MR) is 137 cm³/mol. The first-order valence-corrected chi connectivity index (χ1v) is 15.2. The first kappa shape index (κ1) is 26.9.